The van der Waals surface area contributed by atoms with Crippen LogP contribution in [0.4, 0.5) is 4.79 Å². The van der Waals surface area contributed by atoms with E-state index in [2.05, 4.69) is 5.10 Å². The molecule has 76 valence electrons. The van der Waals surface area contributed by atoms with E-state index in [4.69, 9.17) is 4.74 Å². The van der Waals surface area contributed by atoms with E-state index >= 15 is 0 Å². The summed E-state index contributed by atoms with van der Waals surface area (Å²) in [6.07, 6.45) is 1.32. The summed E-state index contributed by atoms with van der Waals surface area (Å²) in [6.45, 7) is 1.95. The van der Waals surface area contributed by atoms with Crippen LogP contribution in [0.3, 0.4) is 0 Å². The van der Waals surface area contributed by atoms with Crippen molar-refractivity contribution < 1.29 is 9.53 Å². The number of likely N-dealkylation sites (N-methyl/N-ethyl adjacent to an activating group) is 1. The highest BCUT2D eigenvalue weighted by molar-refractivity contribution is 5.70. The Hall–Kier alpha value is -1.52. The molecule has 0 unspecified atom stereocenters. The van der Waals surface area contributed by atoms with Gasteiger partial charge in [0, 0.05) is 20.3 Å². The molecule has 0 N–H and O–H groups in total. The summed E-state index contributed by atoms with van der Waals surface area (Å²) in [5.74, 6) is 0. The summed E-state index contributed by atoms with van der Waals surface area (Å²) in [7, 11) is 3.57. The van der Waals surface area contributed by atoms with Gasteiger partial charge in [-0.25, -0.2) is 4.79 Å². The fraction of sp³-hybridized carbons (Fsp3) is 0.556. The van der Waals surface area contributed by atoms with Crippen LogP contribution in [0.25, 0.3) is 0 Å². The first-order valence-electron chi connectivity index (χ1n) is 4.52. The Morgan fingerprint density at radius 2 is 2.21 bits per heavy atom. The lowest BCUT2D eigenvalue weighted by atomic mass is 10.1. The van der Waals surface area contributed by atoms with Gasteiger partial charge in [0.15, 0.2) is 6.10 Å². The average Bonchev–Trinajstić information content (AvgIpc) is 2.66. The van der Waals surface area contributed by atoms with Gasteiger partial charge in [-0.15, -0.1) is 0 Å². The zero-order chi connectivity index (χ0) is 10.3. The predicted molar refractivity (Wildman–Crippen MR) is 49.7 cm³/mol. The molecule has 1 aliphatic heterocycles. The van der Waals surface area contributed by atoms with Crippen LogP contribution in [0, 0.1) is 0 Å². The number of aryl methyl sites for hydroxylation is 1. The van der Waals surface area contributed by atoms with Crippen molar-refractivity contribution in [3.63, 3.8) is 0 Å². The summed E-state index contributed by atoms with van der Waals surface area (Å²) in [5, 5.41) is 4.22. The molecular weight excluding hydrogens is 182 g/mol. The quantitative estimate of drug-likeness (QED) is 0.669. The van der Waals surface area contributed by atoms with Crippen LogP contribution in [-0.2, 0) is 11.8 Å². The van der Waals surface area contributed by atoms with E-state index in [0.29, 0.717) is 0 Å². The second-order valence-electron chi connectivity index (χ2n) is 3.57. The van der Waals surface area contributed by atoms with Crippen molar-refractivity contribution in [3.05, 3.63) is 18.0 Å². The smallest absolute Gasteiger partial charge is 0.410 e. The van der Waals surface area contributed by atoms with Gasteiger partial charge in [0.2, 0.25) is 0 Å². The molecule has 2 rings (SSSR count). The van der Waals surface area contributed by atoms with E-state index < -0.39 is 0 Å². The number of amides is 1. The van der Waals surface area contributed by atoms with Gasteiger partial charge >= 0.3 is 6.09 Å². The Morgan fingerprint density at radius 3 is 2.64 bits per heavy atom. The van der Waals surface area contributed by atoms with Gasteiger partial charge in [-0.2, -0.15) is 5.10 Å². The third-order valence-electron chi connectivity index (χ3n) is 2.59. The van der Waals surface area contributed by atoms with Crippen LogP contribution >= 0.6 is 0 Å². The number of carbonyl (C=O) groups is 1. The van der Waals surface area contributed by atoms with Crippen LogP contribution in [0.15, 0.2) is 12.3 Å². The molecule has 0 radical (unpaired) electrons. The third-order valence-corrected chi connectivity index (χ3v) is 2.59. The van der Waals surface area contributed by atoms with Gasteiger partial charge in [-0.05, 0) is 13.0 Å². The van der Waals surface area contributed by atoms with E-state index in [1.165, 1.54) is 0 Å². The first-order valence-corrected chi connectivity index (χ1v) is 4.52. The van der Waals surface area contributed by atoms with Crippen molar-refractivity contribution in [2.45, 2.75) is 19.1 Å². The van der Waals surface area contributed by atoms with E-state index in [0.717, 1.165) is 5.69 Å². The SMILES string of the molecule is C[C@H]1[C@@H](c2ccn(C)n2)OC(=O)N1C. The fourth-order valence-electron chi connectivity index (χ4n) is 1.55. The molecule has 5 nitrogen and oxygen atoms in total. The lowest BCUT2D eigenvalue weighted by Crippen LogP contribution is -2.27. The number of ether oxygens (including phenoxy) is 1. The van der Waals surface area contributed by atoms with Crippen molar-refractivity contribution in [1.29, 1.82) is 0 Å². The van der Waals surface area contributed by atoms with E-state index in [1.807, 2.05) is 26.2 Å². The molecule has 0 bridgehead atoms. The van der Waals surface area contributed by atoms with Crippen molar-refractivity contribution in [2.75, 3.05) is 7.05 Å². The van der Waals surface area contributed by atoms with E-state index in [-0.39, 0.29) is 18.2 Å². The molecular formula is C9H13N3O2. The van der Waals surface area contributed by atoms with Crippen LogP contribution < -0.4 is 0 Å². The first kappa shape index (κ1) is 9.05. The largest absolute Gasteiger partial charge is 0.437 e. The zero-order valence-corrected chi connectivity index (χ0v) is 8.47. The number of hydrogen-bond acceptors (Lipinski definition) is 3. The Kier molecular flexibility index (Phi) is 1.94. The molecule has 1 aromatic heterocycles. The number of carbonyl (C=O) groups excluding carboxylic acids is 1. The molecule has 1 amide bonds. The normalized spacial score (nSPS) is 26.8. The fourth-order valence-corrected chi connectivity index (χ4v) is 1.55. The molecule has 2 heterocycles. The maximum Gasteiger partial charge on any atom is 0.410 e. The highest BCUT2D eigenvalue weighted by Gasteiger charge is 2.38. The van der Waals surface area contributed by atoms with Crippen molar-refractivity contribution in [3.8, 4) is 0 Å². The minimum absolute atomic E-state index is 0.0393. The second kappa shape index (κ2) is 3.01. The average molecular weight is 195 g/mol. The van der Waals surface area contributed by atoms with Gasteiger partial charge in [0.05, 0.1) is 6.04 Å². The molecule has 1 fully saturated rings. The minimum atomic E-state index is -0.284. The van der Waals surface area contributed by atoms with Gasteiger partial charge in [-0.1, -0.05) is 0 Å². The Bertz CT molecular complexity index is 361. The number of hydrogen-bond donors (Lipinski definition) is 0. The van der Waals surface area contributed by atoms with Crippen molar-refractivity contribution in [2.24, 2.45) is 7.05 Å². The summed E-state index contributed by atoms with van der Waals surface area (Å²) >= 11 is 0. The van der Waals surface area contributed by atoms with E-state index in [1.54, 1.807) is 16.6 Å². The molecule has 5 heteroatoms. The first-order chi connectivity index (χ1) is 6.59. The van der Waals surface area contributed by atoms with E-state index in [9.17, 15) is 4.79 Å². The molecule has 1 aromatic rings. The summed E-state index contributed by atoms with van der Waals surface area (Å²) < 4.78 is 6.90. The minimum Gasteiger partial charge on any atom is -0.437 e. The highest BCUT2D eigenvalue weighted by Crippen LogP contribution is 2.29. The van der Waals surface area contributed by atoms with Gasteiger partial charge in [-0.3, -0.25) is 4.68 Å². The Balaban J connectivity index is 2.25. The molecule has 0 spiro atoms. The number of cyclic esters (lactones) is 1. The van der Waals surface area contributed by atoms with Gasteiger partial charge in [0.1, 0.15) is 5.69 Å². The topological polar surface area (TPSA) is 47.4 Å². The summed E-state index contributed by atoms with van der Waals surface area (Å²) in [4.78, 5) is 12.8. The lowest BCUT2D eigenvalue weighted by Gasteiger charge is -2.14. The maximum atomic E-state index is 11.2. The Labute approximate surface area is 82.3 Å². The monoisotopic (exact) mass is 195 g/mol. The standard InChI is InChI=1S/C9H13N3O2/c1-6-8(14-9(13)12(6)3)7-4-5-11(2)10-7/h4-6,8H,1-3H3/t6-,8-/m0/s1. The van der Waals surface area contributed by atoms with Crippen molar-refractivity contribution >= 4 is 6.09 Å². The highest BCUT2D eigenvalue weighted by atomic mass is 16.6. The molecule has 2 atom stereocenters. The number of nitrogens with zero attached hydrogens (tertiary/aromatic N) is 3. The summed E-state index contributed by atoms with van der Waals surface area (Å²) in [6, 6.07) is 1.91. The molecule has 1 saturated heterocycles. The maximum absolute atomic E-state index is 11.2. The molecule has 0 saturated carbocycles. The van der Waals surface area contributed by atoms with Crippen LogP contribution in [0.5, 0.6) is 0 Å². The van der Waals surface area contributed by atoms with Gasteiger partial charge in [0.25, 0.3) is 0 Å². The predicted octanol–water partition coefficient (Wildman–Crippen LogP) is 0.932. The third kappa shape index (κ3) is 1.25. The van der Waals surface area contributed by atoms with Crippen LogP contribution in [-0.4, -0.2) is 33.9 Å². The molecule has 0 aromatic carbocycles. The Morgan fingerprint density at radius 1 is 1.50 bits per heavy atom. The molecule has 14 heavy (non-hydrogen) atoms. The summed E-state index contributed by atoms with van der Waals surface area (Å²) in [5.41, 5.74) is 0.803. The van der Waals surface area contributed by atoms with Crippen LogP contribution in [0.2, 0.25) is 0 Å². The number of rotatable bonds is 1. The van der Waals surface area contributed by atoms with Crippen molar-refractivity contribution in [1.82, 2.24) is 14.7 Å². The molecule has 1 aliphatic rings. The second-order valence-corrected chi connectivity index (χ2v) is 3.57. The lowest BCUT2D eigenvalue weighted by molar-refractivity contribution is 0.129. The van der Waals surface area contributed by atoms with Gasteiger partial charge < -0.3 is 9.64 Å². The van der Waals surface area contributed by atoms with Crippen LogP contribution in [0.1, 0.15) is 18.7 Å². The number of aromatic nitrogens is 2. The molecule has 0 aliphatic carbocycles. The zero-order valence-electron chi connectivity index (χ0n) is 8.47.